The fourth-order valence-corrected chi connectivity index (χ4v) is 2.59. The van der Waals surface area contributed by atoms with E-state index in [2.05, 4.69) is 20.6 Å². The summed E-state index contributed by atoms with van der Waals surface area (Å²) in [6, 6.07) is 8.85. The van der Waals surface area contributed by atoms with Crippen molar-refractivity contribution in [3.63, 3.8) is 0 Å². The van der Waals surface area contributed by atoms with E-state index in [1.54, 1.807) is 36.9 Å². The Labute approximate surface area is 167 Å². The Morgan fingerprint density at radius 1 is 1.14 bits per heavy atom. The molecule has 154 valence electrons. The van der Waals surface area contributed by atoms with Gasteiger partial charge in [-0.3, -0.25) is 4.79 Å². The molecule has 0 atom stereocenters. The second-order valence-corrected chi connectivity index (χ2v) is 5.87. The smallest absolute Gasteiger partial charge is 0.246 e. The Morgan fingerprint density at radius 3 is 2.76 bits per heavy atom. The third-order valence-corrected chi connectivity index (χ3v) is 4.00. The minimum absolute atomic E-state index is 0.0362. The lowest BCUT2D eigenvalue weighted by Crippen LogP contribution is -2.31. The fourth-order valence-electron chi connectivity index (χ4n) is 2.59. The lowest BCUT2D eigenvalue weighted by Gasteiger charge is -2.10. The van der Waals surface area contributed by atoms with E-state index in [1.807, 2.05) is 19.1 Å². The van der Waals surface area contributed by atoms with Gasteiger partial charge in [-0.1, -0.05) is 0 Å². The lowest BCUT2D eigenvalue weighted by atomic mass is 10.2. The van der Waals surface area contributed by atoms with Gasteiger partial charge in [0.15, 0.2) is 11.5 Å². The van der Waals surface area contributed by atoms with Gasteiger partial charge in [-0.25, -0.2) is 0 Å². The maximum atomic E-state index is 11.5. The zero-order chi connectivity index (χ0) is 20.6. The number of carbonyl (C=O) groups is 1. The normalized spacial score (nSPS) is 10.7. The molecule has 0 bridgehead atoms. The molecule has 0 aliphatic carbocycles. The van der Waals surface area contributed by atoms with Crippen LogP contribution < -0.4 is 19.5 Å². The first-order valence-electron chi connectivity index (χ1n) is 9.08. The van der Waals surface area contributed by atoms with E-state index in [1.165, 1.54) is 0 Å². The highest BCUT2D eigenvalue weighted by molar-refractivity contribution is 5.77. The van der Waals surface area contributed by atoms with Gasteiger partial charge in [0.25, 0.3) is 0 Å². The van der Waals surface area contributed by atoms with Crippen LogP contribution >= 0.6 is 0 Å². The number of rotatable bonds is 10. The Kier molecular flexibility index (Phi) is 6.80. The van der Waals surface area contributed by atoms with E-state index in [0.29, 0.717) is 47.6 Å². The molecule has 29 heavy (non-hydrogen) atoms. The predicted molar refractivity (Wildman–Crippen MR) is 104 cm³/mol. The Hall–Kier alpha value is -3.40. The van der Waals surface area contributed by atoms with E-state index < -0.39 is 0 Å². The molecule has 0 fully saturated rings. The molecule has 0 aliphatic rings. The molecule has 10 nitrogen and oxygen atoms in total. The standard InChI is InChI=1S/C19H23N5O5/c1-4-28-12-17(25)20-9-10-29-18-8-7-16-21-22-19(24(16)23-18)14-6-5-13(26-2)11-15(14)27-3/h5-8,11H,4,9-10,12H2,1-3H3,(H,20,25). The third kappa shape index (κ3) is 4.91. The SMILES string of the molecule is CCOCC(=O)NCCOc1ccc2nnc(-c3ccc(OC)cc3OC)n2n1. The maximum Gasteiger partial charge on any atom is 0.246 e. The van der Waals surface area contributed by atoms with Crippen molar-refractivity contribution < 1.29 is 23.7 Å². The molecule has 1 aromatic carbocycles. The van der Waals surface area contributed by atoms with E-state index in [4.69, 9.17) is 18.9 Å². The van der Waals surface area contributed by atoms with Crippen LogP contribution in [-0.4, -0.2) is 66.3 Å². The predicted octanol–water partition coefficient (Wildman–Crippen LogP) is 1.34. The molecule has 3 aromatic rings. The molecule has 0 saturated heterocycles. The summed E-state index contributed by atoms with van der Waals surface area (Å²) < 4.78 is 22.9. The highest BCUT2D eigenvalue weighted by Crippen LogP contribution is 2.32. The first kappa shape index (κ1) is 20.3. The number of amides is 1. The molecule has 0 saturated carbocycles. The summed E-state index contributed by atoms with van der Waals surface area (Å²) >= 11 is 0. The minimum Gasteiger partial charge on any atom is -0.497 e. The van der Waals surface area contributed by atoms with Gasteiger partial charge in [0.1, 0.15) is 24.7 Å². The van der Waals surface area contributed by atoms with Gasteiger partial charge in [0.2, 0.25) is 11.8 Å². The second kappa shape index (κ2) is 9.69. The number of hydrogen-bond acceptors (Lipinski definition) is 8. The Balaban J connectivity index is 1.73. The molecule has 2 aromatic heterocycles. The van der Waals surface area contributed by atoms with E-state index in [0.717, 1.165) is 0 Å². The number of aromatic nitrogens is 4. The molecule has 10 heteroatoms. The first-order chi connectivity index (χ1) is 14.2. The zero-order valence-electron chi connectivity index (χ0n) is 16.5. The summed E-state index contributed by atoms with van der Waals surface area (Å²) in [6.07, 6.45) is 0. The van der Waals surface area contributed by atoms with Crippen LogP contribution in [0.15, 0.2) is 30.3 Å². The molecule has 0 unspecified atom stereocenters. The van der Waals surface area contributed by atoms with Gasteiger partial charge in [0.05, 0.1) is 26.3 Å². The summed E-state index contributed by atoms with van der Waals surface area (Å²) in [5.74, 6) is 1.96. The van der Waals surface area contributed by atoms with Crippen molar-refractivity contribution >= 4 is 11.6 Å². The number of hydrogen-bond donors (Lipinski definition) is 1. The van der Waals surface area contributed by atoms with E-state index >= 15 is 0 Å². The Bertz CT molecular complexity index is 975. The minimum atomic E-state index is -0.188. The number of benzene rings is 1. The highest BCUT2D eigenvalue weighted by Gasteiger charge is 2.15. The van der Waals surface area contributed by atoms with Crippen LogP contribution in [0.2, 0.25) is 0 Å². The van der Waals surface area contributed by atoms with Crippen molar-refractivity contribution in [2.45, 2.75) is 6.92 Å². The topological polar surface area (TPSA) is 109 Å². The van der Waals surface area contributed by atoms with Crippen LogP contribution in [0, 0.1) is 0 Å². The monoisotopic (exact) mass is 401 g/mol. The van der Waals surface area contributed by atoms with Gasteiger partial charge >= 0.3 is 0 Å². The quantitative estimate of drug-likeness (QED) is 0.507. The van der Waals surface area contributed by atoms with Crippen LogP contribution in [0.3, 0.4) is 0 Å². The van der Waals surface area contributed by atoms with Crippen molar-refractivity contribution in [3.8, 4) is 28.8 Å². The van der Waals surface area contributed by atoms with Crippen LogP contribution in [0.5, 0.6) is 17.4 Å². The van der Waals surface area contributed by atoms with Gasteiger partial charge in [-0.15, -0.1) is 15.3 Å². The molecule has 2 heterocycles. The molecule has 1 amide bonds. The molecule has 0 aliphatic heterocycles. The van der Waals surface area contributed by atoms with Crippen molar-refractivity contribution in [2.24, 2.45) is 0 Å². The summed E-state index contributed by atoms with van der Waals surface area (Å²) in [5.41, 5.74) is 1.28. The molecule has 3 rings (SSSR count). The van der Waals surface area contributed by atoms with Crippen LogP contribution in [0.1, 0.15) is 6.92 Å². The van der Waals surface area contributed by atoms with Crippen molar-refractivity contribution in [2.75, 3.05) is 40.6 Å². The van der Waals surface area contributed by atoms with E-state index in [-0.39, 0.29) is 19.1 Å². The maximum absolute atomic E-state index is 11.5. The average molecular weight is 401 g/mol. The van der Waals surface area contributed by atoms with Gasteiger partial charge in [0, 0.05) is 18.7 Å². The van der Waals surface area contributed by atoms with Crippen LogP contribution in [0.25, 0.3) is 17.0 Å². The van der Waals surface area contributed by atoms with E-state index in [9.17, 15) is 4.79 Å². The first-order valence-corrected chi connectivity index (χ1v) is 9.08. The van der Waals surface area contributed by atoms with Crippen molar-refractivity contribution in [1.82, 2.24) is 25.1 Å². The number of carbonyl (C=O) groups excluding carboxylic acids is 1. The lowest BCUT2D eigenvalue weighted by molar-refractivity contribution is -0.125. The number of nitrogens with zero attached hydrogens (tertiary/aromatic N) is 4. The summed E-state index contributed by atoms with van der Waals surface area (Å²) in [6.45, 7) is 2.97. The number of nitrogens with one attached hydrogen (secondary N) is 1. The van der Waals surface area contributed by atoms with Gasteiger partial charge in [-0.2, -0.15) is 4.52 Å². The van der Waals surface area contributed by atoms with Crippen molar-refractivity contribution in [1.29, 1.82) is 0 Å². The van der Waals surface area contributed by atoms with Crippen molar-refractivity contribution in [3.05, 3.63) is 30.3 Å². The van der Waals surface area contributed by atoms with Gasteiger partial charge in [-0.05, 0) is 25.1 Å². The average Bonchev–Trinajstić information content (AvgIpc) is 3.17. The third-order valence-electron chi connectivity index (χ3n) is 4.00. The Morgan fingerprint density at radius 2 is 2.00 bits per heavy atom. The summed E-state index contributed by atoms with van der Waals surface area (Å²) in [5, 5.41) is 15.5. The molecular formula is C19H23N5O5. The molecule has 1 N–H and O–H groups in total. The molecular weight excluding hydrogens is 378 g/mol. The van der Waals surface area contributed by atoms with Crippen LogP contribution in [0.4, 0.5) is 0 Å². The second-order valence-electron chi connectivity index (χ2n) is 5.87. The number of methoxy groups -OCH3 is 2. The fraction of sp³-hybridized carbons (Fsp3) is 0.368. The van der Waals surface area contributed by atoms with Gasteiger partial charge < -0.3 is 24.3 Å². The largest absolute Gasteiger partial charge is 0.497 e. The van der Waals surface area contributed by atoms with Crippen LogP contribution in [-0.2, 0) is 9.53 Å². The number of ether oxygens (including phenoxy) is 4. The molecule has 0 radical (unpaired) electrons. The number of fused-ring (bicyclic) bond motifs is 1. The highest BCUT2D eigenvalue weighted by atomic mass is 16.5. The zero-order valence-corrected chi connectivity index (χ0v) is 16.5. The summed E-state index contributed by atoms with van der Waals surface area (Å²) in [7, 11) is 3.16. The molecule has 0 spiro atoms. The summed E-state index contributed by atoms with van der Waals surface area (Å²) in [4.78, 5) is 11.5.